The third-order valence-corrected chi connectivity index (χ3v) is 3.08. The minimum absolute atomic E-state index is 0.143. The van der Waals surface area contributed by atoms with Gasteiger partial charge in [0, 0.05) is 24.7 Å². The van der Waals surface area contributed by atoms with Crippen molar-refractivity contribution in [2.45, 2.75) is 39.8 Å². The summed E-state index contributed by atoms with van der Waals surface area (Å²) in [6, 6.07) is 3.56. The van der Waals surface area contributed by atoms with Crippen LogP contribution in [0.3, 0.4) is 0 Å². The molecule has 2 heterocycles. The molecule has 0 aromatic carbocycles. The lowest BCUT2D eigenvalue weighted by Gasteiger charge is -2.09. The van der Waals surface area contributed by atoms with E-state index in [1.807, 2.05) is 23.9 Å². The fourth-order valence-electron chi connectivity index (χ4n) is 1.87. The summed E-state index contributed by atoms with van der Waals surface area (Å²) in [4.78, 5) is 16.2. The molecule has 0 N–H and O–H groups in total. The normalized spacial score (nSPS) is 11.2. The van der Waals surface area contributed by atoms with Gasteiger partial charge in [0.1, 0.15) is 11.0 Å². The molecular weight excluding hydrogens is 264 g/mol. The zero-order valence-electron chi connectivity index (χ0n) is 11.3. The number of hydrogen-bond acceptors (Lipinski definition) is 3. The Morgan fingerprint density at radius 1 is 1.42 bits per heavy atom. The van der Waals surface area contributed by atoms with Gasteiger partial charge in [0.15, 0.2) is 0 Å². The van der Waals surface area contributed by atoms with E-state index in [0.717, 1.165) is 5.69 Å². The van der Waals surface area contributed by atoms with Gasteiger partial charge in [-0.2, -0.15) is 5.10 Å². The van der Waals surface area contributed by atoms with Crippen molar-refractivity contribution in [2.24, 2.45) is 0 Å². The number of aromatic nitrogens is 4. The van der Waals surface area contributed by atoms with Crippen molar-refractivity contribution >= 4 is 11.6 Å². The first-order valence-electron chi connectivity index (χ1n) is 6.31. The van der Waals surface area contributed by atoms with E-state index in [4.69, 9.17) is 11.6 Å². The highest BCUT2D eigenvalue weighted by Crippen LogP contribution is 2.08. The van der Waals surface area contributed by atoms with Crippen molar-refractivity contribution in [1.82, 2.24) is 19.3 Å². The topological polar surface area (TPSA) is 52.7 Å². The first kappa shape index (κ1) is 13.8. The van der Waals surface area contributed by atoms with E-state index in [9.17, 15) is 4.79 Å². The Labute approximate surface area is 116 Å². The third-order valence-electron chi connectivity index (χ3n) is 2.89. The van der Waals surface area contributed by atoms with Crippen LogP contribution in [0.1, 0.15) is 38.3 Å². The first-order chi connectivity index (χ1) is 9.01. The van der Waals surface area contributed by atoms with E-state index in [2.05, 4.69) is 23.9 Å². The maximum absolute atomic E-state index is 12.0. The number of hydrogen-bond donors (Lipinski definition) is 0. The largest absolute Gasteiger partial charge is 0.290 e. The summed E-state index contributed by atoms with van der Waals surface area (Å²) in [5, 5.41) is 4.68. The molecule has 19 heavy (non-hydrogen) atoms. The molecule has 0 atom stereocenters. The first-order valence-corrected chi connectivity index (χ1v) is 6.69. The second-order valence-corrected chi connectivity index (χ2v) is 5.04. The monoisotopic (exact) mass is 280 g/mol. The Morgan fingerprint density at radius 2 is 2.16 bits per heavy atom. The number of nitrogens with zero attached hydrogens (tertiary/aromatic N) is 4. The maximum Gasteiger partial charge on any atom is 0.255 e. The average Bonchev–Trinajstić information content (AvgIpc) is 2.81. The molecule has 0 saturated heterocycles. The molecule has 0 unspecified atom stereocenters. The molecule has 6 heteroatoms. The van der Waals surface area contributed by atoms with Crippen LogP contribution in [0.2, 0.25) is 5.15 Å². The lowest BCUT2D eigenvalue weighted by Crippen LogP contribution is -2.25. The molecule has 0 bridgehead atoms. The van der Waals surface area contributed by atoms with E-state index in [1.54, 1.807) is 4.57 Å². The van der Waals surface area contributed by atoms with Crippen LogP contribution in [-0.2, 0) is 13.0 Å². The molecule has 0 spiro atoms. The van der Waals surface area contributed by atoms with Gasteiger partial charge in [0.05, 0.1) is 12.2 Å². The summed E-state index contributed by atoms with van der Waals surface area (Å²) in [5.74, 6) is 0.677. The molecule has 2 rings (SSSR count). The highest BCUT2D eigenvalue weighted by molar-refractivity contribution is 6.29. The van der Waals surface area contributed by atoms with Crippen LogP contribution >= 0.6 is 11.6 Å². The third kappa shape index (κ3) is 3.04. The number of rotatable bonds is 4. The molecular formula is C13H17ClN4O. The average molecular weight is 281 g/mol. The van der Waals surface area contributed by atoms with Crippen LogP contribution in [0, 0.1) is 0 Å². The second-order valence-electron chi connectivity index (χ2n) is 4.65. The molecule has 2 aromatic rings. The van der Waals surface area contributed by atoms with Crippen LogP contribution < -0.4 is 5.56 Å². The van der Waals surface area contributed by atoms with Crippen LogP contribution in [0.5, 0.6) is 0 Å². The number of halogens is 1. The summed E-state index contributed by atoms with van der Waals surface area (Å²) in [7, 11) is 0. The van der Waals surface area contributed by atoms with Gasteiger partial charge in [-0.1, -0.05) is 18.5 Å². The molecule has 0 aliphatic heterocycles. The van der Waals surface area contributed by atoms with Crippen molar-refractivity contribution in [1.29, 1.82) is 0 Å². The zero-order valence-corrected chi connectivity index (χ0v) is 12.1. The molecule has 2 aromatic heterocycles. The van der Waals surface area contributed by atoms with Gasteiger partial charge in [-0.3, -0.25) is 14.0 Å². The van der Waals surface area contributed by atoms with Crippen LogP contribution in [0.25, 0.3) is 0 Å². The van der Waals surface area contributed by atoms with Crippen molar-refractivity contribution in [3.63, 3.8) is 0 Å². The van der Waals surface area contributed by atoms with E-state index in [1.165, 1.54) is 6.07 Å². The Kier molecular flexibility index (Phi) is 4.04. The fourth-order valence-corrected chi connectivity index (χ4v) is 2.06. The summed E-state index contributed by atoms with van der Waals surface area (Å²) in [6.45, 7) is 6.49. The summed E-state index contributed by atoms with van der Waals surface area (Å²) in [5.41, 5.74) is 0.700. The molecule has 0 amide bonds. The Balaban J connectivity index is 2.34. The lowest BCUT2D eigenvalue weighted by atomic mass is 10.3. The van der Waals surface area contributed by atoms with E-state index in [0.29, 0.717) is 24.8 Å². The van der Waals surface area contributed by atoms with Crippen molar-refractivity contribution in [2.75, 3.05) is 0 Å². The van der Waals surface area contributed by atoms with Gasteiger partial charge in [-0.15, -0.1) is 0 Å². The molecule has 0 radical (unpaired) electrons. The van der Waals surface area contributed by atoms with Gasteiger partial charge < -0.3 is 0 Å². The smallest absolute Gasteiger partial charge is 0.255 e. The van der Waals surface area contributed by atoms with Crippen LogP contribution in [0.15, 0.2) is 23.1 Å². The molecule has 102 valence electrons. The Bertz CT molecular complexity index is 630. The molecule has 0 aliphatic carbocycles. The zero-order chi connectivity index (χ0) is 14.0. The van der Waals surface area contributed by atoms with Gasteiger partial charge in [-0.25, -0.2) is 4.98 Å². The minimum Gasteiger partial charge on any atom is -0.290 e. The lowest BCUT2D eigenvalue weighted by molar-refractivity contribution is 0.521. The standard InChI is InChI=1S/C13H17ClN4O/c1-4-12-15-11(14)7-13(19)17(12)8-10-5-6-18(16-10)9(2)3/h5-7,9H,4,8H2,1-3H3. The Morgan fingerprint density at radius 3 is 2.74 bits per heavy atom. The van der Waals surface area contributed by atoms with Crippen LogP contribution in [-0.4, -0.2) is 19.3 Å². The predicted molar refractivity (Wildman–Crippen MR) is 74.6 cm³/mol. The summed E-state index contributed by atoms with van der Waals surface area (Å²) >= 11 is 5.81. The van der Waals surface area contributed by atoms with Gasteiger partial charge >= 0.3 is 0 Å². The van der Waals surface area contributed by atoms with Gasteiger partial charge in [0.2, 0.25) is 0 Å². The highest BCUT2D eigenvalue weighted by Gasteiger charge is 2.09. The minimum atomic E-state index is -0.143. The maximum atomic E-state index is 12.0. The highest BCUT2D eigenvalue weighted by atomic mass is 35.5. The Hall–Kier alpha value is -1.62. The van der Waals surface area contributed by atoms with Crippen molar-refractivity contribution in [3.8, 4) is 0 Å². The number of aryl methyl sites for hydroxylation is 1. The van der Waals surface area contributed by atoms with E-state index < -0.39 is 0 Å². The van der Waals surface area contributed by atoms with Gasteiger partial charge in [-0.05, 0) is 19.9 Å². The molecule has 0 saturated carbocycles. The van der Waals surface area contributed by atoms with Crippen LogP contribution in [0.4, 0.5) is 0 Å². The van der Waals surface area contributed by atoms with E-state index >= 15 is 0 Å². The second kappa shape index (κ2) is 5.57. The summed E-state index contributed by atoms with van der Waals surface area (Å²) in [6.07, 6.45) is 2.57. The molecule has 0 aliphatic rings. The molecule has 0 fully saturated rings. The fraction of sp³-hybridized carbons (Fsp3) is 0.462. The predicted octanol–water partition coefficient (Wildman–Crippen LogP) is 2.28. The quantitative estimate of drug-likeness (QED) is 0.808. The molecule has 5 nitrogen and oxygen atoms in total. The van der Waals surface area contributed by atoms with Gasteiger partial charge in [0.25, 0.3) is 5.56 Å². The van der Waals surface area contributed by atoms with E-state index in [-0.39, 0.29) is 10.7 Å². The van der Waals surface area contributed by atoms with Crippen molar-refractivity contribution in [3.05, 3.63) is 45.4 Å². The van der Waals surface area contributed by atoms with Crippen molar-refractivity contribution < 1.29 is 0 Å². The SMILES string of the molecule is CCc1nc(Cl)cc(=O)n1Cc1ccn(C(C)C)n1. The summed E-state index contributed by atoms with van der Waals surface area (Å²) < 4.78 is 3.48.